The number of hydrogen-bond acceptors (Lipinski definition) is 3. The van der Waals surface area contributed by atoms with Gasteiger partial charge in [0.2, 0.25) is 11.8 Å². The van der Waals surface area contributed by atoms with Crippen molar-refractivity contribution in [2.45, 2.75) is 44.9 Å². The van der Waals surface area contributed by atoms with Crippen molar-refractivity contribution in [1.29, 1.82) is 0 Å². The van der Waals surface area contributed by atoms with Crippen LogP contribution in [0.25, 0.3) is 0 Å². The number of benzene rings is 1. The summed E-state index contributed by atoms with van der Waals surface area (Å²) in [4.78, 5) is 28.8. The quantitative estimate of drug-likeness (QED) is 0.734. The largest absolute Gasteiger partial charge is 0.494 e. The molecule has 0 aromatic heterocycles. The molecule has 26 heavy (non-hydrogen) atoms. The molecule has 1 aliphatic heterocycles. The topological polar surface area (TPSA) is 49.9 Å². The number of amides is 2. The molecule has 0 atom stereocenters. The van der Waals surface area contributed by atoms with Gasteiger partial charge in [-0.05, 0) is 31.4 Å². The summed E-state index contributed by atoms with van der Waals surface area (Å²) in [5, 5.41) is 0. The van der Waals surface area contributed by atoms with Crippen LogP contribution in [0.2, 0.25) is 0 Å². The predicted molar refractivity (Wildman–Crippen MR) is 101 cm³/mol. The van der Waals surface area contributed by atoms with Crippen molar-refractivity contribution in [1.82, 2.24) is 9.80 Å². The fraction of sp³-hybridized carbons (Fsp3) is 0.619. The van der Waals surface area contributed by atoms with Gasteiger partial charge in [-0.1, -0.05) is 37.5 Å². The van der Waals surface area contributed by atoms with Crippen molar-refractivity contribution in [2.24, 2.45) is 5.92 Å². The first-order chi connectivity index (χ1) is 12.7. The minimum Gasteiger partial charge on any atom is -0.494 e. The second kappa shape index (κ2) is 9.60. The van der Waals surface area contributed by atoms with Crippen molar-refractivity contribution < 1.29 is 14.3 Å². The minimum absolute atomic E-state index is 0.173. The van der Waals surface area contributed by atoms with E-state index in [0.717, 1.165) is 25.0 Å². The number of carbonyl (C=O) groups excluding carboxylic acids is 2. The maximum absolute atomic E-state index is 12.6. The molecule has 0 spiro atoms. The Morgan fingerprint density at radius 1 is 0.923 bits per heavy atom. The summed E-state index contributed by atoms with van der Waals surface area (Å²) < 4.78 is 5.64. The van der Waals surface area contributed by atoms with Gasteiger partial charge in [0.25, 0.3) is 0 Å². The lowest BCUT2D eigenvalue weighted by molar-refractivity contribution is -0.142. The molecule has 1 saturated carbocycles. The van der Waals surface area contributed by atoms with E-state index in [0.29, 0.717) is 45.1 Å². The molecule has 0 radical (unpaired) electrons. The molecule has 0 unspecified atom stereocenters. The standard InChI is InChI=1S/C21H30N2O3/c24-20(12-7-17-26-19-10-5-2-6-11-19)22-13-15-23(16-14-22)21(25)18-8-3-1-4-9-18/h2,5-6,10-11,18H,1,3-4,7-9,12-17H2. The van der Waals surface area contributed by atoms with Crippen LogP contribution in [0, 0.1) is 5.92 Å². The first kappa shape index (κ1) is 18.7. The van der Waals surface area contributed by atoms with Crippen LogP contribution < -0.4 is 4.74 Å². The Kier molecular flexibility index (Phi) is 6.92. The molecule has 142 valence electrons. The molecule has 3 rings (SSSR count). The third kappa shape index (κ3) is 5.23. The zero-order valence-electron chi connectivity index (χ0n) is 15.6. The average molecular weight is 358 g/mol. The Labute approximate surface area is 156 Å². The van der Waals surface area contributed by atoms with Gasteiger partial charge in [-0.15, -0.1) is 0 Å². The van der Waals surface area contributed by atoms with Crippen molar-refractivity contribution in [2.75, 3.05) is 32.8 Å². The fourth-order valence-corrected chi connectivity index (χ4v) is 3.87. The molecule has 2 aliphatic rings. The van der Waals surface area contributed by atoms with Crippen molar-refractivity contribution in [3.05, 3.63) is 30.3 Å². The van der Waals surface area contributed by atoms with E-state index in [-0.39, 0.29) is 11.8 Å². The third-order valence-corrected chi connectivity index (χ3v) is 5.45. The molecular formula is C21H30N2O3. The van der Waals surface area contributed by atoms with Gasteiger partial charge in [-0.3, -0.25) is 9.59 Å². The maximum Gasteiger partial charge on any atom is 0.225 e. The molecule has 2 amide bonds. The fourth-order valence-electron chi connectivity index (χ4n) is 3.87. The van der Waals surface area contributed by atoms with Gasteiger partial charge in [-0.25, -0.2) is 0 Å². The monoisotopic (exact) mass is 358 g/mol. The Balaban J connectivity index is 1.33. The lowest BCUT2D eigenvalue weighted by Gasteiger charge is -2.37. The van der Waals surface area contributed by atoms with Gasteiger partial charge in [0.1, 0.15) is 5.75 Å². The Morgan fingerprint density at radius 3 is 2.27 bits per heavy atom. The van der Waals surface area contributed by atoms with Gasteiger partial charge in [0.05, 0.1) is 6.61 Å². The number of para-hydroxylation sites is 1. The van der Waals surface area contributed by atoms with Gasteiger partial charge in [0, 0.05) is 38.5 Å². The lowest BCUT2D eigenvalue weighted by Crippen LogP contribution is -2.52. The second-order valence-electron chi connectivity index (χ2n) is 7.31. The van der Waals surface area contributed by atoms with Crippen molar-refractivity contribution >= 4 is 11.8 Å². The van der Waals surface area contributed by atoms with Crippen LogP contribution in [0.5, 0.6) is 5.75 Å². The second-order valence-corrected chi connectivity index (χ2v) is 7.31. The summed E-state index contributed by atoms with van der Waals surface area (Å²) in [6, 6.07) is 9.67. The summed E-state index contributed by atoms with van der Waals surface area (Å²) >= 11 is 0. The number of nitrogens with zero attached hydrogens (tertiary/aromatic N) is 2. The van der Waals surface area contributed by atoms with E-state index >= 15 is 0 Å². The third-order valence-electron chi connectivity index (χ3n) is 5.45. The zero-order chi connectivity index (χ0) is 18.2. The number of hydrogen-bond donors (Lipinski definition) is 0. The van der Waals surface area contributed by atoms with Gasteiger partial charge in [0.15, 0.2) is 0 Å². The smallest absolute Gasteiger partial charge is 0.225 e. The van der Waals surface area contributed by atoms with Crippen LogP contribution in [-0.4, -0.2) is 54.4 Å². The number of rotatable bonds is 6. The summed E-state index contributed by atoms with van der Waals surface area (Å²) in [7, 11) is 0. The highest BCUT2D eigenvalue weighted by Gasteiger charge is 2.29. The van der Waals surface area contributed by atoms with E-state index in [1.807, 2.05) is 40.1 Å². The Morgan fingerprint density at radius 2 is 1.58 bits per heavy atom. The SMILES string of the molecule is O=C(CCCOc1ccccc1)N1CCN(C(=O)C2CCCCC2)CC1. The van der Waals surface area contributed by atoms with Crippen LogP contribution in [0.4, 0.5) is 0 Å². The maximum atomic E-state index is 12.6. The van der Waals surface area contributed by atoms with E-state index in [1.165, 1.54) is 19.3 Å². The average Bonchev–Trinajstić information content (AvgIpc) is 2.72. The molecule has 0 N–H and O–H groups in total. The van der Waals surface area contributed by atoms with Gasteiger partial charge < -0.3 is 14.5 Å². The normalized spacial score (nSPS) is 18.6. The lowest BCUT2D eigenvalue weighted by atomic mass is 9.88. The molecule has 5 heteroatoms. The van der Waals surface area contributed by atoms with E-state index in [4.69, 9.17) is 4.74 Å². The molecule has 1 saturated heterocycles. The Hall–Kier alpha value is -2.04. The van der Waals surface area contributed by atoms with Crippen LogP contribution in [0.3, 0.4) is 0 Å². The first-order valence-corrected chi connectivity index (χ1v) is 9.98. The molecule has 2 fully saturated rings. The van der Waals surface area contributed by atoms with E-state index < -0.39 is 0 Å². The highest BCUT2D eigenvalue weighted by molar-refractivity contribution is 5.80. The van der Waals surface area contributed by atoms with Crippen LogP contribution >= 0.6 is 0 Å². The number of ether oxygens (including phenoxy) is 1. The van der Waals surface area contributed by atoms with Crippen molar-refractivity contribution in [3.8, 4) is 5.75 Å². The molecule has 1 aromatic carbocycles. The minimum atomic E-state index is 0.173. The van der Waals surface area contributed by atoms with Gasteiger partial charge in [-0.2, -0.15) is 0 Å². The van der Waals surface area contributed by atoms with Crippen molar-refractivity contribution in [3.63, 3.8) is 0 Å². The molecular weight excluding hydrogens is 328 g/mol. The van der Waals surface area contributed by atoms with Crippen LogP contribution in [-0.2, 0) is 9.59 Å². The van der Waals surface area contributed by atoms with E-state index in [2.05, 4.69) is 0 Å². The molecule has 1 aromatic rings. The number of carbonyl (C=O) groups is 2. The van der Waals surface area contributed by atoms with E-state index in [1.54, 1.807) is 0 Å². The summed E-state index contributed by atoms with van der Waals surface area (Å²) in [5.74, 6) is 1.55. The van der Waals surface area contributed by atoms with Crippen LogP contribution in [0.1, 0.15) is 44.9 Å². The highest BCUT2D eigenvalue weighted by atomic mass is 16.5. The predicted octanol–water partition coefficient (Wildman–Crippen LogP) is 3.10. The van der Waals surface area contributed by atoms with E-state index in [9.17, 15) is 9.59 Å². The molecule has 0 bridgehead atoms. The summed E-state index contributed by atoms with van der Waals surface area (Å²) in [5.41, 5.74) is 0. The molecule has 1 aliphatic carbocycles. The summed E-state index contributed by atoms with van der Waals surface area (Å²) in [6.45, 7) is 3.24. The molecule has 1 heterocycles. The first-order valence-electron chi connectivity index (χ1n) is 9.98. The molecule has 5 nitrogen and oxygen atoms in total. The summed E-state index contributed by atoms with van der Waals surface area (Å²) in [6.07, 6.45) is 6.93. The number of piperazine rings is 1. The zero-order valence-corrected chi connectivity index (χ0v) is 15.6. The Bertz CT molecular complexity index is 576. The van der Waals surface area contributed by atoms with Gasteiger partial charge >= 0.3 is 0 Å². The highest BCUT2D eigenvalue weighted by Crippen LogP contribution is 2.25. The van der Waals surface area contributed by atoms with Crippen LogP contribution in [0.15, 0.2) is 30.3 Å².